The number of aryl methyl sites for hydroxylation is 1. The van der Waals surface area contributed by atoms with Crippen LogP contribution in [0.2, 0.25) is 0 Å². The van der Waals surface area contributed by atoms with Crippen molar-refractivity contribution in [1.29, 1.82) is 0 Å². The first-order valence-corrected chi connectivity index (χ1v) is 7.78. The van der Waals surface area contributed by atoms with E-state index in [1.54, 1.807) is 0 Å². The summed E-state index contributed by atoms with van der Waals surface area (Å²) in [5, 5.41) is 0. The van der Waals surface area contributed by atoms with Crippen molar-refractivity contribution in [3.63, 3.8) is 0 Å². The second-order valence-electron chi connectivity index (χ2n) is 4.48. The molecule has 0 radical (unpaired) electrons. The summed E-state index contributed by atoms with van der Waals surface area (Å²) in [5.41, 5.74) is 1.26. The van der Waals surface area contributed by atoms with Crippen molar-refractivity contribution in [2.24, 2.45) is 0 Å². The molecule has 94 valence electrons. The van der Waals surface area contributed by atoms with E-state index in [1.807, 2.05) is 12.1 Å². The van der Waals surface area contributed by atoms with E-state index >= 15 is 0 Å². The fraction of sp³-hybridized carbons (Fsp3) is 0.571. The van der Waals surface area contributed by atoms with Crippen LogP contribution in [0.4, 0.5) is 0 Å². The molecule has 1 aromatic rings. The SMILES string of the molecule is Cc1ccc(OCCOC2CCPCC2)cc1. The summed E-state index contributed by atoms with van der Waals surface area (Å²) >= 11 is 0. The van der Waals surface area contributed by atoms with Gasteiger partial charge in [0.25, 0.3) is 0 Å². The lowest BCUT2D eigenvalue weighted by atomic mass is 10.2. The van der Waals surface area contributed by atoms with Crippen molar-refractivity contribution in [2.75, 3.05) is 25.5 Å². The van der Waals surface area contributed by atoms with E-state index in [9.17, 15) is 0 Å². The van der Waals surface area contributed by atoms with Crippen molar-refractivity contribution < 1.29 is 9.47 Å². The molecule has 0 unspecified atom stereocenters. The summed E-state index contributed by atoms with van der Waals surface area (Å²) in [5.74, 6) is 0.935. The summed E-state index contributed by atoms with van der Waals surface area (Å²) in [6, 6.07) is 8.16. The van der Waals surface area contributed by atoms with Gasteiger partial charge in [-0.15, -0.1) is 8.58 Å². The highest BCUT2D eigenvalue weighted by Crippen LogP contribution is 2.24. The van der Waals surface area contributed by atoms with Crippen LogP contribution in [-0.2, 0) is 4.74 Å². The number of benzene rings is 1. The van der Waals surface area contributed by atoms with E-state index in [4.69, 9.17) is 9.47 Å². The summed E-state index contributed by atoms with van der Waals surface area (Å²) in [7, 11) is 1.16. The van der Waals surface area contributed by atoms with Gasteiger partial charge in [0.15, 0.2) is 0 Å². The molecular weight excluding hydrogens is 231 g/mol. The Morgan fingerprint density at radius 1 is 1.12 bits per heavy atom. The van der Waals surface area contributed by atoms with Crippen LogP contribution in [0.5, 0.6) is 5.75 Å². The molecule has 0 amide bonds. The summed E-state index contributed by atoms with van der Waals surface area (Å²) in [6.45, 7) is 3.44. The van der Waals surface area contributed by atoms with Crippen LogP contribution < -0.4 is 4.74 Å². The minimum absolute atomic E-state index is 0.484. The fourth-order valence-electron chi connectivity index (χ4n) is 1.97. The van der Waals surface area contributed by atoms with Crippen LogP contribution in [0, 0.1) is 6.92 Å². The molecule has 1 heterocycles. The van der Waals surface area contributed by atoms with E-state index < -0.39 is 0 Å². The maximum absolute atomic E-state index is 5.81. The lowest BCUT2D eigenvalue weighted by Crippen LogP contribution is -2.21. The lowest BCUT2D eigenvalue weighted by molar-refractivity contribution is 0.0291. The highest BCUT2D eigenvalue weighted by molar-refractivity contribution is 7.38. The summed E-state index contributed by atoms with van der Waals surface area (Å²) in [4.78, 5) is 0. The minimum Gasteiger partial charge on any atom is -0.491 e. The molecule has 1 aliphatic heterocycles. The number of rotatable bonds is 5. The number of hydrogen-bond donors (Lipinski definition) is 0. The van der Waals surface area contributed by atoms with Gasteiger partial charge in [0, 0.05) is 0 Å². The Morgan fingerprint density at radius 2 is 1.82 bits per heavy atom. The third-order valence-corrected chi connectivity index (χ3v) is 4.30. The first-order chi connectivity index (χ1) is 8.34. The van der Waals surface area contributed by atoms with Gasteiger partial charge in [-0.2, -0.15) is 0 Å². The highest BCUT2D eigenvalue weighted by Gasteiger charge is 2.12. The monoisotopic (exact) mass is 252 g/mol. The molecule has 1 aliphatic rings. The van der Waals surface area contributed by atoms with Gasteiger partial charge in [-0.3, -0.25) is 0 Å². The Hall–Kier alpha value is -0.590. The molecule has 0 bridgehead atoms. The Balaban J connectivity index is 1.60. The van der Waals surface area contributed by atoms with Crippen LogP contribution in [0.3, 0.4) is 0 Å². The van der Waals surface area contributed by atoms with Crippen LogP contribution >= 0.6 is 8.58 Å². The maximum Gasteiger partial charge on any atom is 0.119 e. The molecule has 0 N–H and O–H groups in total. The number of ether oxygens (including phenoxy) is 2. The predicted octanol–water partition coefficient (Wildman–Crippen LogP) is 3.23. The van der Waals surface area contributed by atoms with E-state index in [1.165, 1.54) is 30.7 Å². The second-order valence-corrected chi connectivity index (χ2v) is 5.98. The van der Waals surface area contributed by atoms with Crippen molar-refractivity contribution in [3.8, 4) is 5.75 Å². The van der Waals surface area contributed by atoms with Crippen LogP contribution in [-0.4, -0.2) is 31.6 Å². The molecule has 1 aromatic carbocycles. The normalized spacial score (nSPS) is 21.6. The zero-order valence-electron chi connectivity index (χ0n) is 10.4. The molecule has 0 spiro atoms. The molecule has 1 saturated heterocycles. The first kappa shape index (κ1) is 12.9. The summed E-state index contributed by atoms with van der Waals surface area (Å²) in [6.07, 6.45) is 5.66. The van der Waals surface area contributed by atoms with E-state index in [0.717, 1.165) is 14.3 Å². The molecule has 0 atom stereocenters. The first-order valence-electron chi connectivity index (χ1n) is 6.36. The zero-order chi connectivity index (χ0) is 11.9. The van der Waals surface area contributed by atoms with Gasteiger partial charge >= 0.3 is 0 Å². The fourth-order valence-corrected chi connectivity index (χ4v) is 3.27. The van der Waals surface area contributed by atoms with Crippen molar-refractivity contribution in [2.45, 2.75) is 25.9 Å². The molecule has 3 heteroatoms. The lowest BCUT2D eigenvalue weighted by Gasteiger charge is -2.22. The van der Waals surface area contributed by atoms with Crippen LogP contribution in [0.1, 0.15) is 18.4 Å². The molecule has 0 aliphatic carbocycles. The average molecular weight is 252 g/mol. The molecule has 2 rings (SSSR count). The van der Waals surface area contributed by atoms with E-state index in [-0.39, 0.29) is 0 Å². The molecule has 1 fully saturated rings. The van der Waals surface area contributed by atoms with Gasteiger partial charge in [0.1, 0.15) is 12.4 Å². The van der Waals surface area contributed by atoms with Gasteiger partial charge in [-0.1, -0.05) is 17.7 Å². The predicted molar refractivity (Wildman–Crippen MR) is 73.7 cm³/mol. The average Bonchev–Trinajstić information content (AvgIpc) is 2.38. The molecule has 2 nitrogen and oxygen atoms in total. The third kappa shape index (κ3) is 4.65. The van der Waals surface area contributed by atoms with E-state index in [2.05, 4.69) is 19.1 Å². The number of hydrogen-bond acceptors (Lipinski definition) is 2. The molecule has 0 aromatic heterocycles. The van der Waals surface area contributed by atoms with Gasteiger partial charge in [-0.05, 0) is 44.2 Å². The topological polar surface area (TPSA) is 18.5 Å². The van der Waals surface area contributed by atoms with Crippen molar-refractivity contribution >= 4 is 8.58 Å². The Bertz CT molecular complexity index is 317. The van der Waals surface area contributed by atoms with Gasteiger partial charge < -0.3 is 9.47 Å². The van der Waals surface area contributed by atoms with Crippen molar-refractivity contribution in [1.82, 2.24) is 0 Å². The highest BCUT2D eigenvalue weighted by atomic mass is 31.1. The molecule has 17 heavy (non-hydrogen) atoms. The van der Waals surface area contributed by atoms with Gasteiger partial charge in [-0.25, -0.2) is 0 Å². The van der Waals surface area contributed by atoms with E-state index in [0.29, 0.717) is 19.3 Å². The van der Waals surface area contributed by atoms with Crippen molar-refractivity contribution in [3.05, 3.63) is 29.8 Å². The van der Waals surface area contributed by atoms with Gasteiger partial charge in [0.2, 0.25) is 0 Å². The smallest absolute Gasteiger partial charge is 0.119 e. The molecule has 0 saturated carbocycles. The van der Waals surface area contributed by atoms with Gasteiger partial charge in [0.05, 0.1) is 12.7 Å². The maximum atomic E-state index is 5.81. The Labute approximate surface area is 105 Å². The standard InChI is InChI=1S/C14H21O2P/c1-12-2-4-13(5-3-12)15-8-9-16-14-6-10-17-11-7-14/h2-5,14,17H,6-11H2,1H3. The van der Waals surface area contributed by atoms with Crippen LogP contribution in [0.15, 0.2) is 24.3 Å². The third-order valence-electron chi connectivity index (χ3n) is 3.01. The summed E-state index contributed by atoms with van der Waals surface area (Å²) < 4.78 is 11.4. The van der Waals surface area contributed by atoms with Crippen LogP contribution in [0.25, 0.3) is 0 Å². The second kappa shape index (κ2) is 6.98. The Kier molecular flexibility index (Phi) is 5.28. The largest absolute Gasteiger partial charge is 0.491 e. The quantitative estimate of drug-likeness (QED) is 0.591. The Morgan fingerprint density at radius 3 is 2.53 bits per heavy atom. The minimum atomic E-state index is 0.484. The molecular formula is C14H21O2P. The zero-order valence-corrected chi connectivity index (χ0v) is 11.4.